The van der Waals surface area contributed by atoms with E-state index in [0.29, 0.717) is 0 Å². The molecule has 11 rings (SSSR count). The van der Waals surface area contributed by atoms with Crippen molar-refractivity contribution in [3.05, 3.63) is 204 Å². The van der Waals surface area contributed by atoms with Gasteiger partial charge in [-0.1, -0.05) is 146 Å². The highest BCUT2D eigenvalue weighted by Crippen LogP contribution is 2.64. The van der Waals surface area contributed by atoms with Gasteiger partial charge in [0.1, 0.15) is 5.82 Å². The number of pyridine rings is 1. The molecular formula is C48H31N3. The summed E-state index contributed by atoms with van der Waals surface area (Å²) in [5.74, 6) is 0.892. The van der Waals surface area contributed by atoms with Crippen molar-refractivity contribution in [3.8, 4) is 33.5 Å². The fraction of sp³-hybridized carbons (Fsp3) is 0.0208. The fourth-order valence-corrected chi connectivity index (χ4v) is 8.97. The lowest BCUT2D eigenvalue weighted by Crippen LogP contribution is -2.36. The maximum absolute atomic E-state index is 5.44. The van der Waals surface area contributed by atoms with E-state index in [2.05, 4.69) is 192 Å². The third-order valence-electron chi connectivity index (χ3n) is 11.0. The molecule has 0 fully saturated rings. The Kier molecular flexibility index (Phi) is 5.88. The van der Waals surface area contributed by atoms with Crippen LogP contribution in [-0.2, 0) is 5.41 Å². The number of benzene rings is 7. The van der Waals surface area contributed by atoms with Gasteiger partial charge >= 0.3 is 0 Å². The van der Waals surface area contributed by atoms with Crippen molar-refractivity contribution in [2.45, 2.75) is 5.41 Å². The monoisotopic (exact) mass is 649 g/mol. The second-order valence-corrected chi connectivity index (χ2v) is 13.6. The zero-order valence-electron chi connectivity index (χ0n) is 27.7. The van der Waals surface area contributed by atoms with Gasteiger partial charge in [0, 0.05) is 27.4 Å². The number of nitrogens with zero attached hydrogens (tertiary/aromatic N) is 2. The normalized spacial score (nSPS) is 13.6. The highest BCUT2D eigenvalue weighted by atomic mass is 15.2. The van der Waals surface area contributed by atoms with E-state index in [4.69, 9.17) is 4.98 Å². The predicted molar refractivity (Wildman–Crippen MR) is 210 cm³/mol. The zero-order valence-corrected chi connectivity index (χ0v) is 27.7. The van der Waals surface area contributed by atoms with Gasteiger partial charge < -0.3 is 4.98 Å². The molecular weight excluding hydrogens is 619 g/mol. The maximum atomic E-state index is 5.44. The van der Waals surface area contributed by atoms with Crippen molar-refractivity contribution >= 4 is 39.0 Å². The molecule has 0 atom stereocenters. The van der Waals surface area contributed by atoms with Crippen LogP contribution < -0.4 is 4.90 Å². The summed E-state index contributed by atoms with van der Waals surface area (Å²) in [5.41, 5.74) is 16.1. The number of aromatic amines is 1. The van der Waals surface area contributed by atoms with E-state index in [9.17, 15) is 0 Å². The van der Waals surface area contributed by atoms with Crippen LogP contribution in [0.4, 0.5) is 17.2 Å². The van der Waals surface area contributed by atoms with Gasteiger partial charge in [0.05, 0.1) is 22.5 Å². The smallest absolute Gasteiger partial charge is 0.138 e. The Morgan fingerprint density at radius 1 is 0.451 bits per heavy atom. The first-order chi connectivity index (χ1) is 25.3. The molecule has 51 heavy (non-hydrogen) atoms. The molecule has 1 aliphatic carbocycles. The van der Waals surface area contributed by atoms with Crippen LogP contribution in [0, 0.1) is 0 Å². The van der Waals surface area contributed by atoms with Gasteiger partial charge in [-0.25, -0.2) is 4.98 Å². The van der Waals surface area contributed by atoms with Crippen LogP contribution in [0.25, 0.3) is 55.3 Å². The molecule has 3 nitrogen and oxygen atoms in total. The Balaban J connectivity index is 1.24. The maximum Gasteiger partial charge on any atom is 0.138 e. The number of para-hydroxylation sites is 3. The van der Waals surface area contributed by atoms with Crippen LogP contribution in [0.5, 0.6) is 0 Å². The Morgan fingerprint density at radius 3 is 1.80 bits per heavy atom. The minimum atomic E-state index is -0.526. The number of hydrogen-bond acceptors (Lipinski definition) is 2. The molecule has 0 unspecified atom stereocenters. The summed E-state index contributed by atoms with van der Waals surface area (Å²) >= 11 is 0. The van der Waals surface area contributed by atoms with Crippen LogP contribution >= 0.6 is 0 Å². The molecule has 0 radical (unpaired) electrons. The van der Waals surface area contributed by atoms with Crippen LogP contribution in [0.2, 0.25) is 0 Å². The minimum Gasteiger partial charge on any atom is -0.354 e. The molecule has 1 spiro atoms. The molecule has 1 N–H and O–H groups in total. The standard InChI is InChI=1S/C48H31N3/c1-3-15-31(16-4-1)33-29-42(32-17-5-2-6-18-32)50-45(30-33)51-43-25-13-10-22-37(43)48(38-23-11-14-26-44(38)51)36-21-9-7-19-34(36)46-39(48)27-28-41-47(46)35-20-8-12-24-40(35)49-41/h1-30,49H. The zero-order chi connectivity index (χ0) is 33.5. The van der Waals surface area contributed by atoms with Gasteiger partial charge in [-0.15, -0.1) is 0 Å². The summed E-state index contributed by atoms with van der Waals surface area (Å²) < 4.78 is 0. The third-order valence-corrected chi connectivity index (χ3v) is 11.0. The van der Waals surface area contributed by atoms with Gasteiger partial charge in [-0.05, 0) is 80.9 Å². The van der Waals surface area contributed by atoms with Gasteiger partial charge in [-0.3, -0.25) is 4.90 Å². The van der Waals surface area contributed by atoms with Gasteiger partial charge in [0.2, 0.25) is 0 Å². The molecule has 0 amide bonds. The number of anilines is 3. The number of H-pyrrole nitrogens is 1. The summed E-state index contributed by atoms with van der Waals surface area (Å²) in [6.07, 6.45) is 0. The molecule has 2 aliphatic rings. The number of aromatic nitrogens is 2. The van der Waals surface area contributed by atoms with Crippen molar-refractivity contribution in [2.24, 2.45) is 0 Å². The Bertz CT molecular complexity index is 2710. The average Bonchev–Trinajstić information content (AvgIpc) is 3.73. The Hall–Kier alpha value is -6.71. The second-order valence-electron chi connectivity index (χ2n) is 13.6. The van der Waals surface area contributed by atoms with E-state index >= 15 is 0 Å². The van der Waals surface area contributed by atoms with Crippen LogP contribution in [0.3, 0.4) is 0 Å². The van der Waals surface area contributed by atoms with Gasteiger partial charge in [0.25, 0.3) is 0 Å². The first kappa shape index (κ1) is 28.2. The van der Waals surface area contributed by atoms with E-state index in [0.717, 1.165) is 50.6 Å². The van der Waals surface area contributed by atoms with Crippen LogP contribution in [-0.4, -0.2) is 9.97 Å². The highest BCUT2D eigenvalue weighted by Gasteiger charge is 2.52. The number of fused-ring (bicyclic) bond motifs is 13. The van der Waals surface area contributed by atoms with E-state index in [1.54, 1.807) is 0 Å². The second kappa shape index (κ2) is 10.6. The number of hydrogen-bond donors (Lipinski definition) is 1. The van der Waals surface area contributed by atoms with E-state index in [1.807, 2.05) is 0 Å². The minimum absolute atomic E-state index is 0.526. The molecule has 7 aromatic carbocycles. The molecule has 3 heterocycles. The van der Waals surface area contributed by atoms with Crippen molar-refractivity contribution in [3.63, 3.8) is 0 Å². The molecule has 9 aromatic rings. The number of nitrogens with one attached hydrogen (secondary N) is 1. The van der Waals surface area contributed by atoms with E-state index < -0.39 is 5.41 Å². The van der Waals surface area contributed by atoms with Crippen molar-refractivity contribution in [1.29, 1.82) is 0 Å². The van der Waals surface area contributed by atoms with E-state index in [1.165, 1.54) is 44.2 Å². The molecule has 0 saturated heterocycles. The lowest BCUT2D eigenvalue weighted by molar-refractivity contribution is 0.752. The van der Waals surface area contributed by atoms with E-state index in [-0.39, 0.29) is 0 Å². The third kappa shape index (κ3) is 3.86. The summed E-state index contributed by atoms with van der Waals surface area (Å²) in [6.45, 7) is 0. The molecule has 0 saturated carbocycles. The lowest BCUT2D eigenvalue weighted by Gasteiger charge is -2.44. The molecule has 3 heteroatoms. The quantitative estimate of drug-likeness (QED) is 0.207. The largest absolute Gasteiger partial charge is 0.354 e. The molecule has 238 valence electrons. The van der Waals surface area contributed by atoms with Crippen molar-refractivity contribution in [1.82, 2.24) is 9.97 Å². The Morgan fingerprint density at radius 2 is 1.06 bits per heavy atom. The summed E-state index contributed by atoms with van der Waals surface area (Å²) in [4.78, 5) is 11.6. The number of rotatable bonds is 3. The first-order valence-corrected chi connectivity index (χ1v) is 17.6. The predicted octanol–water partition coefficient (Wildman–Crippen LogP) is 12.2. The topological polar surface area (TPSA) is 31.9 Å². The SMILES string of the molecule is c1ccc(-c2cc(-c3ccccc3)nc(N3c4ccccc4C4(c5ccccc5-c5c4ccc4[nH]c6ccccc6c54)c4ccccc43)c2)cc1. The summed E-state index contributed by atoms with van der Waals surface area (Å²) in [5, 5.41) is 2.54. The van der Waals surface area contributed by atoms with Crippen molar-refractivity contribution < 1.29 is 0 Å². The Labute approximate surface area is 296 Å². The van der Waals surface area contributed by atoms with Gasteiger partial charge in [0.15, 0.2) is 0 Å². The summed E-state index contributed by atoms with van der Waals surface area (Å²) in [6, 6.07) is 66.0. The first-order valence-electron chi connectivity index (χ1n) is 17.6. The fourth-order valence-electron chi connectivity index (χ4n) is 8.97. The average molecular weight is 650 g/mol. The van der Waals surface area contributed by atoms with Gasteiger partial charge in [-0.2, -0.15) is 0 Å². The lowest BCUT2D eigenvalue weighted by atomic mass is 9.64. The molecule has 2 aromatic heterocycles. The van der Waals surface area contributed by atoms with Crippen LogP contribution in [0.1, 0.15) is 22.3 Å². The van der Waals surface area contributed by atoms with Crippen molar-refractivity contribution in [2.75, 3.05) is 4.90 Å². The summed E-state index contributed by atoms with van der Waals surface area (Å²) in [7, 11) is 0. The molecule has 1 aliphatic heterocycles. The molecule has 0 bridgehead atoms. The van der Waals surface area contributed by atoms with Crippen LogP contribution in [0.15, 0.2) is 182 Å². The highest BCUT2D eigenvalue weighted by molar-refractivity contribution is 6.17.